The lowest BCUT2D eigenvalue weighted by Crippen LogP contribution is -2.34. The van der Waals surface area contributed by atoms with Gasteiger partial charge in [-0.3, -0.25) is 9.11 Å². The molecule has 2 aromatic carbocycles. The van der Waals surface area contributed by atoms with E-state index in [1.165, 1.54) is 85.5 Å². The first kappa shape index (κ1) is 43.1. The molecule has 4 heterocycles. The van der Waals surface area contributed by atoms with Crippen molar-refractivity contribution in [3.63, 3.8) is 0 Å². The van der Waals surface area contributed by atoms with Crippen LogP contribution in [0.15, 0.2) is 97.6 Å². The average Bonchev–Trinajstić information content (AvgIpc) is 3.88. The summed E-state index contributed by atoms with van der Waals surface area (Å²) in [6.45, 7) is 6.82. The molecule has 0 spiro atoms. The van der Waals surface area contributed by atoms with Crippen LogP contribution in [0.2, 0.25) is 0 Å². The van der Waals surface area contributed by atoms with E-state index in [0.717, 1.165) is 24.6 Å². The summed E-state index contributed by atoms with van der Waals surface area (Å²) < 4.78 is 56.3. The molecule has 0 unspecified atom stereocenters. The van der Waals surface area contributed by atoms with Gasteiger partial charge in [-0.2, -0.15) is 16.8 Å². The minimum absolute atomic E-state index is 0.715. The molecule has 6 rings (SSSR count). The molecule has 2 aliphatic heterocycles. The van der Waals surface area contributed by atoms with Crippen molar-refractivity contribution in [1.82, 2.24) is 0 Å². The summed E-state index contributed by atoms with van der Waals surface area (Å²) in [6, 6.07) is 26.7. The normalized spacial score (nSPS) is 14.6. The van der Waals surface area contributed by atoms with Crippen molar-refractivity contribution in [3.05, 3.63) is 120 Å². The van der Waals surface area contributed by atoms with E-state index in [9.17, 15) is 16.8 Å². The van der Waals surface area contributed by atoms with E-state index < -0.39 is 20.2 Å². The standard InChI is InChI=1S/C38H44N4S2.2CH4O3S/c1-2-22-41(21-1)37-13-9-33(10-14-37)5-7-35-17-25-39(26-18-35)29-31-43-44-32-30-40-27-19-36(20-28-40)8-6-34-11-15-38(16-12-34)42-23-3-4-24-42;2*1-5(2,3)4/h5-20,25-28H,1-4,21-24,29-32H2;2*1H3,(H,2,3,4)/q+2;;. The summed E-state index contributed by atoms with van der Waals surface area (Å²) in [6.07, 6.45) is 24.3. The summed E-state index contributed by atoms with van der Waals surface area (Å²) in [5.74, 6) is 2.20. The van der Waals surface area contributed by atoms with E-state index in [2.05, 4.69) is 141 Å². The van der Waals surface area contributed by atoms with Gasteiger partial charge < -0.3 is 9.80 Å². The highest BCUT2D eigenvalue weighted by Gasteiger charge is 2.12. The molecule has 0 radical (unpaired) electrons. The van der Waals surface area contributed by atoms with E-state index in [4.69, 9.17) is 9.11 Å². The van der Waals surface area contributed by atoms with Gasteiger partial charge in [0.05, 0.1) is 24.0 Å². The topological polar surface area (TPSA) is 123 Å². The van der Waals surface area contributed by atoms with Crippen LogP contribution in [0.3, 0.4) is 0 Å². The lowest BCUT2D eigenvalue weighted by atomic mass is 10.1. The molecule has 0 saturated carbocycles. The van der Waals surface area contributed by atoms with Gasteiger partial charge in [0.2, 0.25) is 0 Å². The largest absolute Gasteiger partial charge is 0.372 e. The van der Waals surface area contributed by atoms with E-state index in [1.54, 1.807) is 0 Å². The molecule has 0 atom stereocenters. The Bertz CT molecular complexity index is 1810. The maximum atomic E-state index is 9.19. The smallest absolute Gasteiger partial charge is 0.261 e. The first-order chi connectivity index (χ1) is 25.8. The van der Waals surface area contributed by atoms with Crippen LogP contribution in [0.5, 0.6) is 0 Å². The zero-order chi connectivity index (χ0) is 38.8. The Labute approximate surface area is 329 Å². The third kappa shape index (κ3) is 18.1. The number of rotatable bonds is 13. The van der Waals surface area contributed by atoms with Crippen molar-refractivity contribution >= 4 is 77.5 Å². The van der Waals surface area contributed by atoms with Crippen LogP contribution < -0.4 is 18.9 Å². The van der Waals surface area contributed by atoms with Gasteiger partial charge in [-0.1, -0.05) is 70.2 Å². The van der Waals surface area contributed by atoms with E-state index in [0.29, 0.717) is 12.5 Å². The van der Waals surface area contributed by atoms with Gasteiger partial charge in [0, 0.05) is 61.8 Å². The van der Waals surface area contributed by atoms with Gasteiger partial charge in [-0.05, 0) is 72.2 Å². The minimum atomic E-state index is -3.67. The molecule has 10 nitrogen and oxygen atoms in total. The molecule has 2 saturated heterocycles. The van der Waals surface area contributed by atoms with E-state index >= 15 is 0 Å². The predicted octanol–water partition coefficient (Wildman–Crippen LogP) is 6.89. The molecule has 2 N–H and O–H groups in total. The van der Waals surface area contributed by atoms with Gasteiger partial charge in [0.1, 0.15) is 0 Å². The van der Waals surface area contributed by atoms with Gasteiger partial charge >= 0.3 is 0 Å². The summed E-state index contributed by atoms with van der Waals surface area (Å²) >= 11 is 0. The molecule has 2 aromatic heterocycles. The fraction of sp³-hybridized carbons (Fsp3) is 0.350. The minimum Gasteiger partial charge on any atom is -0.372 e. The quantitative estimate of drug-likeness (QED) is 0.0639. The zero-order valence-electron chi connectivity index (χ0n) is 31.0. The molecule has 14 heteroatoms. The second-order valence-electron chi connectivity index (χ2n) is 13.1. The zero-order valence-corrected chi connectivity index (χ0v) is 34.2. The molecular formula is C40H52N4O6S4+2. The van der Waals surface area contributed by atoms with Crippen molar-refractivity contribution in [1.29, 1.82) is 0 Å². The fourth-order valence-corrected chi connectivity index (χ4v) is 7.75. The molecule has 0 bridgehead atoms. The number of anilines is 2. The Balaban J connectivity index is 0.000000577. The molecule has 0 aliphatic carbocycles. The molecule has 2 fully saturated rings. The average molecular weight is 813 g/mol. The van der Waals surface area contributed by atoms with Gasteiger partial charge in [0.25, 0.3) is 20.2 Å². The van der Waals surface area contributed by atoms with Crippen LogP contribution in [0.4, 0.5) is 11.4 Å². The number of nitrogens with zero attached hydrogens (tertiary/aromatic N) is 4. The lowest BCUT2D eigenvalue weighted by molar-refractivity contribution is -0.692. The van der Waals surface area contributed by atoms with Crippen molar-refractivity contribution in [2.24, 2.45) is 0 Å². The van der Waals surface area contributed by atoms with Crippen molar-refractivity contribution in [2.75, 3.05) is 60.0 Å². The summed E-state index contributed by atoms with van der Waals surface area (Å²) in [5.41, 5.74) is 7.66. The van der Waals surface area contributed by atoms with Gasteiger partial charge in [0.15, 0.2) is 37.9 Å². The monoisotopic (exact) mass is 812 g/mol. The second-order valence-corrected chi connectivity index (χ2v) is 18.7. The first-order valence-corrected chi connectivity index (χ1v) is 24.1. The second kappa shape index (κ2) is 22.0. The third-order valence-electron chi connectivity index (χ3n) is 8.45. The van der Waals surface area contributed by atoms with Crippen molar-refractivity contribution in [2.45, 2.75) is 38.8 Å². The van der Waals surface area contributed by atoms with E-state index in [-0.39, 0.29) is 0 Å². The number of aromatic nitrogens is 2. The van der Waals surface area contributed by atoms with Crippen molar-refractivity contribution in [3.8, 4) is 0 Å². The summed E-state index contributed by atoms with van der Waals surface area (Å²) in [7, 11) is -3.42. The number of pyridine rings is 2. The number of benzene rings is 2. The molecule has 2 aliphatic rings. The highest BCUT2D eigenvalue weighted by molar-refractivity contribution is 8.76. The van der Waals surface area contributed by atoms with Gasteiger partial charge in [-0.15, -0.1) is 0 Å². The maximum absolute atomic E-state index is 9.19. The fourth-order valence-electron chi connectivity index (χ4n) is 5.79. The Morgan fingerprint density at radius 3 is 1.06 bits per heavy atom. The van der Waals surface area contributed by atoms with Gasteiger partial charge in [-0.25, -0.2) is 9.13 Å². The van der Waals surface area contributed by atoms with Crippen LogP contribution in [0.25, 0.3) is 24.3 Å². The summed E-state index contributed by atoms with van der Waals surface area (Å²) in [5, 5.41) is 0. The number of aryl methyl sites for hydroxylation is 2. The van der Waals surface area contributed by atoms with Crippen LogP contribution >= 0.6 is 21.6 Å². The Kier molecular flexibility index (Phi) is 17.6. The molecule has 4 aromatic rings. The number of hydrogen-bond acceptors (Lipinski definition) is 8. The van der Waals surface area contributed by atoms with Crippen molar-refractivity contribution < 1.29 is 35.1 Å². The third-order valence-corrected chi connectivity index (χ3v) is 10.8. The van der Waals surface area contributed by atoms with Crippen LogP contribution in [0, 0.1) is 0 Å². The number of hydrogen-bond donors (Lipinski definition) is 2. The predicted molar refractivity (Wildman–Crippen MR) is 227 cm³/mol. The Hall–Kier alpha value is -3.66. The van der Waals surface area contributed by atoms with Crippen LogP contribution in [-0.2, 0) is 33.3 Å². The van der Waals surface area contributed by atoms with Crippen LogP contribution in [-0.4, -0.2) is 76.1 Å². The van der Waals surface area contributed by atoms with Crippen LogP contribution in [0.1, 0.15) is 47.9 Å². The van der Waals surface area contributed by atoms with E-state index in [1.807, 2.05) is 21.6 Å². The first-order valence-electron chi connectivity index (χ1n) is 17.9. The molecule has 290 valence electrons. The molecule has 54 heavy (non-hydrogen) atoms. The Morgan fingerprint density at radius 2 is 0.778 bits per heavy atom. The highest BCUT2D eigenvalue weighted by Crippen LogP contribution is 2.23. The summed E-state index contributed by atoms with van der Waals surface area (Å²) in [4.78, 5) is 4.96. The SMILES string of the molecule is C(=C\c1cc[n+](CCSSCC[n+]2ccc(/C=C/c3ccc(N4CCCC4)cc3)cc2)cc1)/c1ccc(N2CCCC2)cc1.CS(=O)(=O)O.CS(=O)(=O)O. The molecule has 0 amide bonds. The Morgan fingerprint density at radius 1 is 0.519 bits per heavy atom. The highest BCUT2D eigenvalue weighted by atomic mass is 33.1. The molecular weight excluding hydrogens is 761 g/mol. The lowest BCUT2D eigenvalue weighted by Gasteiger charge is -2.17. The maximum Gasteiger partial charge on any atom is 0.261 e.